The van der Waals surface area contributed by atoms with Crippen molar-refractivity contribution in [3.8, 4) is 11.4 Å². The summed E-state index contributed by atoms with van der Waals surface area (Å²) < 4.78 is 57.1. The molecule has 4 aromatic rings. The third-order valence-corrected chi connectivity index (χ3v) is 7.47. The zero-order valence-corrected chi connectivity index (χ0v) is 22.0. The predicted molar refractivity (Wildman–Crippen MR) is 148 cm³/mol. The molecule has 12 heteroatoms. The molecular formula is C26H23F3N6OS2. The molecule has 0 amide bonds. The fraction of sp³-hybridized carbons (Fsp3) is 0.154. The summed E-state index contributed by atoms with van der Waals surface area (Å²) in [6.07, 6.45) is 1.34. The number of benzene rings is 2. The highest BCUT2D eigenvalue weighted by Gasteiger charge is 2.32. The summed E-state index contributed by atoms with van der Waals surface area (Å²) in [4.78, 5) is 9.34. The van der Waals surface area contributed by atoms with Crippen molar-refractivity contribution in [1.82, 2.24) is 19.9 Å². The van der Waals surface area contributed by atoms with Crippen LogP contribution >= 0.6 is 11.3 Å². The molecule has 1 aliphatic heterocycles. The van der Waals surface area contributed by atoms with E-state index in [0.717, 1.165) is 57.3 Å². The predicted octanol–water partition coefficient (Wildman–Crippen LogP) is 6.49. The van der Waals surface area contributed by atoms with Gasteiger partial charge in [0.25, 0.3) is 0 Å². The lowest BCUT2D eigenvalue weighted by atomic mass is 10.1. The molecule has 0 radical (unpaired) electrons. The van der Waals surface area contributed by atoms with Crippen LogP contribution in [-0.4, -0.2) is 25.6 Å². The lowest BCUT2D eigenvalue weighted by Gasteiger charge is -2.13. The lowest BCUT2D eigenvalue weighted by Crippen LogP contribution is -2.11. The van der Waals surface area contributed by atoms with Gasteiger partial charge in [0.05, 0.1) is 39.3 Å². The minimum atomic E-state index is -4.59. The maximum Gasteiger partial charge on any atom is 0.416 e. The number of allylic oxidation sites excluding steroid dienone is 2. The first-order valence-corrected chi connectivity index (χ1v) is 13.5. The third-order valence-electron chi connectivity index (χ3n) is 5.98. The van der Waals surface area contributed by atoms with E-state index in [0.29, 0.717) is 11.3 Å². The Hall–Kier alpha value is -3.74. The van der Waals surface area contributed by atoms with E-state index in [1.165, 1.54) is 17.4 Å². The molecule has 1 unspecified atom stereocenters. The van der Waals surface area contributed by atoms with Gasteiger partial charge in [-0.3, -0.25) is 0 Å². The van der Waals surface area contributed by atoms with Crippen molar-refractivity contribution in [3.05, 3.63) is 82.9 Å². The van der Waals surface area contributed by atoms with Crippen molar-refractivity contribution in [2.45, 2.75) is 13.1 Å². The van der Waals surface area contributed by atoms with Crippen molar-refractivity contribution in [2.24, 2.45) is 7.05 Å². The van der Waals surface area contributed by atoms with Gasteiger partial charge in [-0.15, -0.1) is 11.3 Å². The first-order valence-electron chi connectivity index (χ1n) is 11.4. The Morgan fingerprint density at radius 3 is 2.74 bits per heavy atom. The summed E-state index contributed by atoms with van der Waals surface area (Å²) in [5.74, 6) is 0.344. The van der Waals surface area contributed by atoms with E-state index in [1.54, 1.807) is 11.6 Å². The third kappa shape index (κ3) is 5.28. The normalized spacial score (nSPS) is 14.2. The number of nitrogens with zero attached hydrogens (tertiary/aromatic N) is 3. The Kier molecular flexibility index (Phi) is 6.95. The molecule has 0 aliphatic carbocycles. The summed E-state index contributed by atoms with van der Waals surface area (Å²) in [5, 5.41) is 10.3. The van der Waals surface area contributed by atoms with Gasteiger partial charge in [-0.1, -0.05) is 6.08 Å². The van der Waals surface area contributed by atoms with Crippen LogP contribution in [0.4, 0.5) is 29.7 Å². The van der Waals surface area contributed by atoms with Gasteiger partial charge in [-0.25, -0.2) is 14.7 Å². The number of thiazole rings is 1. The highest BCUT2D eigenvalue weighted by molar-refractivity contribution is 7.95. The van der Waals surface area contributed by atoms with Gasteiger partial charge in [0, 0.05) is 35.8 Å². The van der Waals surface area contributed by atoms with Crippen LogP contribution in [0.5, 0.6) is 0 Å². The smallest absolute Gasteiger partial charge is 0.416 e. The van der Waals surface area contributed by atoms with Gasteiger partial charge in [-0.05, 0) is 61.7 Å². The van der Waals surface area contributed by atoms with Crippen LogP contribution in [0.15, 0.2) is 66.1 Å². The highest BCUT2D eigenvalue weighted by Crippen LogP contribution is 2.37. The zero-order chi connectivity index (χ0) is 27.0. The monoisotopic (exact) mass is 556 g/mol. The van der Waals surface area contributed by atoms with Crippen LogP contribution in [0.25, 0.3) is 28.0 Å². The van der Waals surface area contributed by atoms with E-state index in [-0.39, 0.29) is 11.3 Å². The van der Waals surface area contributed by atoms with E-state index in [1.807, 2.05) is 36.7 Å². The van der Waals surface area contributed by atoms with Crippen molar-refractivity contribution >= 4 is 55.8 Å². The summed E-state index contributed by atoms with van der Waals surface area (Å²) in [5.41, 5.74) is 4.43. The SMILES string of the molecule is C=C[S+]([O-])Nc1cc(-c2nc3cc(Nc4nc(C5=CCNC=C5)cs4)c(C)cc3n2C)cc(C(F)(F)F)c1. The fourth-order valence-electron chi connectivity index (χ4n) is 4.10. The highest BCUT2D eigenvalue weighted by atomic mass is 32.2. The molecule has 3 N–H and O–H groups in total. The molecule has 3 heterocycles. The number of alkyl halides is 3. The second-order valence-corrected chi connectivity index (χ2v) is 10.6. The Morgan fingerprint density at radius 1 is 1.21 bits per heavy atom. The van der Waals surface area contributed by atoms with Crippen molar-refractivity contribution in [3.63, 3.8) is 0 Å². The lowest BCUT2D eigenvalue weighted by molar-refractivity contribution is -0.137. The number of halogens is 3. The molecular weight excluding hydrogens is 533 g/mol. The number of hydrogen-bond acceptors (Lipinski definition) is 7. The quantitative estimate of drug-likeness (QED) is 0.226. The number of nitrogens with one attached hydrogen (secondary N) is 3. The number of rotatable bonds is 7. The van der Waals surface area contributed by atoms with Crippen LogP contribution in [0, 0.1) is 6.92 Å². The fourth-order valence-corrected chi connectivity index (χ4v) is 5.26. The van der Waals surface area contributed by atoms with Crippen LogP contribution in [0.1, 0.15) is 16.8 Å². The Balaban J connectivity index is 1.51. The van der Waals surface area contributed by atoms with E-state index < -0.39 is 23.1 Å². The molecule has 7 nitrogen and oxygen atoms in total. The molecule has 2 aromatic heterocycles. The molecule has 0 fully saturated rings. The van der Waals surface area contributed by atoms with E-state index in [4.69, 9.17) is 0 Å². The van der Waals surface area contributed by atoms with Crippen molar-refractivity contribution < 1.29 is 17.7 Å². The molecule has 1 aliphatic rings. The molecule has 196 valence electrons. The number of hydrogen-bond donors (Lipinski definition) is 3. The molecule has 0 saturated carbocycles. The maximum absolute atomic E-state index is 13.6. The first kappa shape index (κ1) is 25.9. The second-order valence-electron chi connectivity index (χ2n) is 8.58. The molecule has 0 saturated heterocycles. The van der Waals surface area contributed by atoms with Crippen molar-refractivity contribution in [2.75, 3.05) is 16.6 Å². The van der Waals surface area contributed by atoms with Gasteiger partial charge in [0.1, 0.15) is 11.2 Å². The number of fused-ring (bicyclic) bond motifs is 1. The van der Waals surface area contributed by atoms with E-state index in [2.05, 4.69) is 38.0 Å². The molecule has 1 atom stereocenters. The van der Waals surface area contributed by atoms with Crippen LogP contribution in [0.3, 0.4) is 0 Å². The minimum absolute atomic E-state index is 0.0527. The Morgan fingerprint density at radius 2 is 2.03 bits per heavy atom. The van der Waals surface area contributed by atoms with Crippen LogP contribution in [0.2, 0.25) is 0 Å². The summed E-state index contributed by atoms with van der Waals surface area (Å²) in [6, 6.07) is 7.23. The van der Waals surface area contributed by atoms with E-state index >= 15 is 0 Å². The topological polar surface area (TPSA) is 89.9 Å². The molecule has 5 rings (SSSR count). The Bertz CT molecular complexity index is 1590. The van der Waals surface area contributed by atoms with Gasteiger partial charge in [0.15, 0.2) is 5.13 Å². The van der Waals surface area contributed by atoms with Crippen LogP contribution in [-0.2, 0) is 24.6 Å². The van der Waals surface area contributed by atoms with Crippen LogP contribution < -0.4 is 15.4 Å². The van der Waals surface area contributed by atoms with Gasteiger partial charge in [0.2, 0.25) is 0 Å². The average Bonchev–Trinajstić information content (AvgIpc) is 3.48. The Labute approximate surface area is 224 Å². The van der Waals surface area contributed by atoms with Gasteiger partial charge in [-0.2, -0.15) is 13.2 Å². The molecule has 0 bridgehead atoms. The second kappa shape index (κ2) is 10.2. The number of anilines is 3. The summed E-state index contributed by atoms with van der Waals surface area (Å²) in [7, 11) is 1.75. The van der Waals surface area contributed by atoms with Gasteiger partial charge < -0.3 is 19.8 Å². The first-order chi connectivity index (χ1) is 18.1. The standard InChI is InChI=1S/C26H23F3N6OS2/c1-4-38(36)34-19-11-17(10-18(12-19)26(27,28)29)24-31-21-13-20(15(2)9-23(21)35(24)3)32-25-33-22(14-37-25)16-5-7-30-8-6-16/h4-7,9-14,30,34H,1,8H2,2-3H3,(H,32,33). The van der Waals surface area contributed by atoms with Gasteiger partial charge >= 0.3 is 6.18 Å². The maximum atomic E-state index is 13.6. The van der Waals surface area contributed by atoms with Crippen molar-refractivity contribution in [1.29, 1.82) is 0 Å². The molecule has 2 aromatic carbocycles. The number of aryl methyl sites for hydroxylation is 2. The number of aromatic nitrogens is 3. The minimum Gasteiger partial charge on any atom is -0.588 e. The molecule has 0 spiro atoms. The number of imidazole rings is 1. The number of dihydropyridines is 1. The largest absolute Gasteiger partial charge is 0.588 e. The van der Waals surface area contributed by atoms with E-state index in [9.17, 15) is 17.7 Å². The summed E-state index contributed by atoms with van der Waals surface area (Å²) >= 11 is -0.247. The zero-order valence-electron chi connectivity index (χ0n) is 20.4. The summed E-state index contributed by atoms with van der Waals surface area (Å²) in [6.45, 7) is 6.10. The molecule has 38 heavy (non-hydrogen) atoms. The average molecular weight is 557 g/mol.